The molecule has 0 aromatic heterocycles. The third-order valence-corrected chi connectivity index (χ3v) is 3.52. The second-order valence-electron chi connectivity index (χ2n) is 5.06. The van der Waals surface area contributed by atoms with Crippen LogP contribution in [0.4, 0.5) is 0 Å². The van der Waals surface area contributed by atoms with Crippen molar-refractivity contribution in [2.75, 3.05) is 7.11 Å². The molecule has 0 heterocycles. The normalized spacial score (nSPS) is 14.4. The van der Waals surface area contributed by atoms with E-state index in [2.05, 4.69) is 35.6 Å². The van der Waals surface area contributed by atoms with Gasteiger partial charge < -0.3 is 10.1 Å². The molecule has 1 aliphatic carbocycles. The number of methoxy groups -OCH3 is 1. The monoisotopic (exact) mass is 253 g/mol. The molecule has 19 heavy (non-hydrogen) atoms. The SMILES string of the molecule is COc1ccccc1-c1cccc(CNC2CC2)c1. The van der Waals surface area contributed by atoms with Crippen LogP contribution in [0.1, 0.15) is 18.4 Å². The Bertz CT molecular complexity index is 561. The van der Waals surface area contributed by atoms with Gasteiger partial charge in [0.05, 0.1) is 7.11 Å². The standard InChI is InChI=1S/C17H19NO/c1-19-17-8-3-2-7-16(17)14-6-4-5-13(11-14)12-18-15-9-10-15/h2-8,11,15,18H,9-10,12H2,1H3. The highest BCUT2D eigenvalue weighted by Gasteiger charge is 2.19. The van der Waals surface area contributed by atoms with E-state index < -0.39 is 0 Å². The second-order valence-corrected chi connectivity index (χ2v) is 5.06. The maximum atomic E-state index is 5.43. The van der Waals surface area contributed by atoms with Gasteiger partial charge in [0, 0.05) is 18.2 Å². The number of rotatable bonds is 5. The molecule has 1 fully saturated rings. The minimum atomic E-state index is 0.745. The Labute approximate surface area is 114 Å². The topological polar surface area (TPSA) is 21.3 Å². The number of para-hydroxylation sites is 1. The Morgan fingerprint density at radius 1 is 1.11 bits per heavy atom. The summed E-state index contributed by atoms with van der Waals surface area (Å²) in [6.07, 6.45) is 2.65. The van der Waals surface area contributed by atoms with Crippen LogP contribution in [0.5, 0.6) is 5.75 Å². The minimum Gasteiger partial charge on any atom is -0.496 e. The fourth-order valence-electron chi connectivity index (χ4n) is 2.28. The summed E-state index contributed by atoms with van der Waals surface area (Å²) in [5.74, 6) is 0.926. The zero-order valence-electron chi connectivity index (χ0n) is 11.2. The van der Waals surface area contributed by atoms with Gasteiger partial charge in [-0.1, -0.05) is 36.4 Å². The van der Waals surface area contributed by atoms with Gasteiger partial charge in [-0.25, -0.2) is 0 Å². The van der Waals surface area contributed by atoms with Crippen LogP contribution in [0.15, 0.2) is 48.5 Å². The molecule has 0 radical (unpaired) electrons. The van der Waals surface area contributed by atoms with Crippen LogP contribution >= 0.6 is 0 Å². The molecule has 3 rings (SSSR count). The van der Waals surface area contributed by atoms with Crippen molar-refractivity contribution in [3.8, 4) is 16.9 Å². The van der Waals surface area contributed by atoms with Crippen molar-refractivity contribution in [3.63, 3.8) is 0 Å². The number of ether oxygens (including phenoxy) is 1. The first kappa shape index (κ1) is 12.2. The molecule has 0 spiro atoms. The molecular weight excluding hydrogens is 234 g/mol. The van der Waals surface area contributed by atoms with Crippen LogP contribution in [-0.4, -0.2) is 13.2 Å². The van der Waals surface area contributed by atoms with Gasteiger partial charge in [0.1, 0.15) is 5.75 Å². The van der Waals surface area contributed by atoms with Crippen molar-refractivity contribution >= 4 is 0 Å². The maximum Gasteiger partial charge on any atom is 0.126 e. The summed E-state index contributed by atoms with van der Waals surface area (Å²) in [6.45, 7) is 0.952. The molecule has 0 unspecified atom stereocenters. The quantitative estimate of drug-likeness (QED) is 0.878. The van der Waals surface area contributed by atoms with Gasteiger partial charge in [-0.05, 0) is 36.1 Å². The summed E-state index contributed by atoms with van der Waals surface area (Å²) in [4.78, 5) is 0. The fourth-order valence-corrected chi connectivity index (χ4v) is 2.28. The number of benzene rings is 2. The van der Waals surface area contributed by atoms with E-state index in [1.165, 1.54) is 24.0 Å². The van der Waals surface area contributed by atoms with Crippen LogP contribution in [0.2, 0.25) is 0 Å². The summed E-state index contributed by atoms with van der Waals surface area (Å²) < 4.78 is 5.43. The van der Waals surface area contributed by atoms with Crippen LogP contribution in [0, 0.1) is 0 Å². The molecule has 0 amide bonds. The zero-order chi connectivity index (χ0) is 13.1. The Hall–Kier alpha value is -1.80. The van der Waals surface area contributed by atoms with Gasteiger partial charge in [-0.2, -0.15) is 0 Å². The summed E-state index contributed by atoms with van der Waals surface area (Å²) in [7, 11) is 1.72. The predicted molar refractivity (Wildman–Crippen MR) is 78.3 cm³/mol. The van der Waals surface area contributed by atoms with E-state index in [1.807, 2.05) is 18.2 Å². The molecular formula is C17H19NO. The van der Waals surface area contributed by atoms with Crippen LogP contribution in [0.25, 0.3) is 11.1 Å². The first-order valence-electron chi connectivity index (χ1n) is 6.82. The van der Waals surface area contributed by atoms with E-state index in [0.717, 1.165) is 23.9 Å². The van der Waals surface area contributed by atoms with Crippen LogP contribution in [-0.2, 0) is 6.54 Å². The van der Waals surface area contributed by atoms with E-state index in [9.17, 15) is 0 Å². The van der Waals surface area contributed by atoms with Crippen LogP contribution in [0.3, 0.4) is 0 Å². The highest BCUT2D eigenvalue weighted by atomic mass is 16.5. The molecule has 2 nitrogen and oxygen atoms in total. The van der Waals surface area contributed by atoms with Gasteiger partial charge in [0.2, 0.25) is 0 Å². The first-order valence-corrected chi connectivity index (χ1v) is 6.82. The Balaban J connectivity index is 1.84. The largest absolute Gasteiger partial charge is 0.496 e. The summed E-state index contributed by atoms with van der Waals surface area (Å²) in [5, 5.41) is 3.55. The molecule has 0 atom stereocenters. The molecule has 0 aliphatic heterocycles. The number of nitrogens with one attached hydrogen (secondary N) is 1. The van der Waals surface area contributed by atoms with E-state index in [-0.39, 0.29) is 0 Å². The van der Waals surface area contributed by atoms with Gasteiger partial charge in [0.15, 0.2) is 0 Å². The zero-order valence-corrected chi connectivity index (χ0v) is 11.2. The molecule has 2 heteroatoms. The van der Waals surface area contributed by atoms with Crippen molar-refractivity contribution in [1.82, 2.24) is 5.32 Å². The van der Waals surface area contributed by atoms with E-state index >= 15 is 0 Å². The van der Waals surface area contributed by atoms with Crippen LogP contribution < -0.4 is 10.1 Å². The van der Waals surface area contributed by atoms with E-state index in [0.29, 0.717) is 0 Å². The maximum absolute atomic E-state index is 5.43. The Morgan fingerprint density at radius 3 is 2.74 bits per heavy atom. The smallest absolute Gasteiger partial charge is 0.126 e. The van der Waals surface area contributed by atoms with Crippen molar-refractivity contribution in [1.29, 1.82) is 0 Å². The molecule has 1 aliphatic rings. The molecule has 98 valence electrons. The highest BCUT2D eigenvalue weighted by molar-refractivity contribution is 5.70. The summed E-state index contributed by atoms with van der Waals surface area (Å²) in [6, 6.07) is 17.6. The molecule has 0 saturated heterocycles. The second kappa shape index (κ2) is 5.45. The third kappa shape index (κ3) is 2.96. The van der Waals surface area contributed by atoms with Gasteiger partial charge in [-0.3, -0.25) is 0 Å². The Kier molecular flexibility index (Phi) is 3.51. The Morgan fingerprint density at radius 2 is 1.95 bits per heavy atom. The van der Waals surface area contributed by atoms with Crippen molar-refractivity contribution < 1.29 is 4.74 Å². The molecule has 1 N–H and O–H groups in total. The molecule has 1 saturated carbocycles. The first-order chi connectivity index (χ1) is 9.36. The van der Waals surface area contributed by atoms with Crippen molar-refractivity contribution in [3.05, 3.63) is 54.1 Å². The lowest BCUT2D eigenvalue weighted by atomic mass is 10.0. The number of hydrogen-bond acceptors (Lipinski definition) is 2. The molecule has 2 aromatic carbocycles. The van der Waals surface area contributed by atoms with Crippen molar-refractivity contribution in [2.24, 2.45) is 0 Å². The number of hydrogen-bond donors (Lipinski definition) is 1. The van der Waals surface area contributed by atoms with Gasteiger partial charge in [0.25, 0.3) is 0 Å². The average molecular weight is 253 g/mol. The van der Waals surface area contributed by atoms with Gasteiger partial charge >= 0.3 is 0 Å². The fraction of sp³-hybridized carbons (Fsp3) is 0.294. The predicted octanol–water partition coefficient (Wildman–Crippen LogP) is 3.61. The lowest BCUT2D eigenvalue weighted by Crippen LogP contribution is -2.15. The van der Waals surface area contributed by atoms with Gasteiger partial charge in [-0.15, -0.1) is 0 Å². The minimum absolute atomic E-state index is 0.745. The third-order valence-electron chi connectivity index (χ3n) is 3.52. The molecule has 0 bridgehead atoms. The summed E-state index contributed by atoms with van der Waals surface area (Å²) >= 11 is 0. The summed E-state index contributed by atoms with van der Waals surface area (Å²) in [5.41, 5.74) is 3.70. The van der Waals surface area contributed by atoms with E-state index in [1.54, 1.807) is 7.11 Å². The lowest BCUT2D eigenvalue weighted by Gasteiger charge is -2.10. The average Bonchev–Trinajstić information content (AvgIpc) is 3.29. The lowest BCUT2D eigenvalue weighted by molar-refractivity contribution is 0.416. The highest BCUT2D eigenvalue weighted by Crippen LogP contribution is 2.30. The molecule has 2 aromatic rings. The van der Waals surface area contributed by atoms with E-state index in [4.69, 9.17) is 4.74 Å². The van der Waals surface area contributed by atoms with Crippen molar-refractivity contribution in [2.45, 2.75) is 25.4 Å².